The predicted molar refractivity (Wildman–Crippen MR) is 80.4 cm³/mol. The van der Waals surface area contributed by atoms with Crippen molar-refractivity contribution in [3.05, 3.63) is 57.6 Å². The minimum atomic E-state index is -0.306. The van der Waals surface area contributed by atoms with Gasteiger partial charge in [-0.05, 0) is 54.3 Å². The van der Waals surface area contributed by atoms with Crippen molar-refractivity contribution >= 4 is 21.9 Å². The van der Waals surface area contributed by atoms with Crippen LogP contribution in [0.3, 0.4) is 0 Å². The van der Waals surface area contributed by atoms with Gasteiger partial charge in [-0.1, -0.05) is 34.1 Å². The van der Waals surface area contributed by atoms with Crippen LogP contribution >= 0.6 is 15.9 Å². The van der Waals surface area contributed by atoms with Crippen LogP contribution in [-0.2, 0) is 4.74 Å². The van der Waals surface area contributed by atoms with Crippen LogP contribution in [0.15, 0.2) is 40.9 Å². The van der Waals surface area contributed by atoms with Gasteiger partial charge in [0.15, 0.2) is 0 Å². The third-order valence-corrected chi connectivity index (χ3v) is 3.98. The molecule has 0 unspecified atom stereocenters. The maximum Gasteiger partial charge on any atom is 0.337 e. The largest absolute Gasteiger partial charge is 0.465 e. The fourth-order valence-corrected chi connectivity index (χ4v) is 2.37. The van der Waals surface area contributed by atoms with Crippen molar-refractivity contribution in [2.24, 2.45) is 0 Å². The lowest BCUT2D eigenvalue weighted by Gasteiger charge is -2.09. The lowest BCUT2D eigenvalue weighted by molar-refractivity contribution is 0.0600. The van der Waals surface area contributed by atoms with E-state index in [1.807, 2.05) is 19.1 Å². The Kier molecular flexibility index (Phi) is 4.05. The van der Waals surface area contributed by atoms with Gasteiger partial charge in [0.25, 0.3) is 0 Å². The molecule has 0 saturated heterocycles. The number of aryl methyl sites for hydroxylation is 2. The van der Waals surface area contributed by atoms with Crippen LogP contribution in [0.5, 0.6) is 0 Å². The van der Waals surface area contributed by atoms with Crippen LogP contribution in [0, 0.1) is 13.8 Å². The summed E-state index contributed by atoms with van der Waals surface area (Å²) in [6.07, 6.45) is 0. The fraction of sp³-hybridized carbons (Fsp3) is 0.188. The Morgan fingerprint density at radius 1 is 1.05 bits per heavy atom. The number of esters is 1. The normalized spacial score (nSPS) is 10.3. The molecule has 0 saturated carbocycles. The maximum absolute atomic E-state index is 11.5. The summed E-state index contributed by atoms with van der Waals surface area (Å²) in [7, 11) is 1.39. The van der Waals surface area contributed by atoms with Gasteiger partial charge in [-0.2, -0.15) is 0 Å². The first-order chi connectivity index (χ1) is 9.02. The van der Waals surface area contributed by atoms with Gasteiger partial charge < -0.3 is 4.74 Å². The zero-order valence-corrected chi connectivity index (χ0v) is 12.7. The minimum Gasteiger partial charge on any atom is -0.465 e. The summed E-state index contributed by atoms with van der Waals surface area (Å²) >= 11 is 3.54. The lowest BCUT2D eigenvalue weighted by Crippen LogP contribution is -2.01. The van der Waals surface area contributed by atoms with E-state index in [9.17, 15) is 4.79 Å². The summed E-state index contributed by atoms with van der Waals surface area (Å²) in [4.78, 5) is 11.5. The van der Waals surface area contributed by atoms with Crippen LogP contribution in [0.4, 0.5) is 0 Å². The quantitative estimate of drug-likeness (QED) is 0.761. The van der Waals surface area contributed by atoms with Crippen molar-refractivity contribution < 1.29 is 9.53 Å². The number of carbonyl (C=O) groups is 1. The van der Waals surface area contributed by atoms with E-state index in [0.29, 0.717) is 5.56 Å². The lowest BCUT2D eigenvalue weighted by atomic mass is 9.98. The second kappa shape index (κ2) is 5.57. The molecule has 0 spiro atoms. The van der Waals surface area contributed by atoms with Crippen molar-refractivity contribution in [2.75, 3.05) is 7.11 Å². The molecule has 0 N–H and O–H groups in total. The molecule has 2 aromatic carbocycles. The van der Waals surface area contributed by atoms with E-state index < -0.39 is 0 Å². The van der Waals surface area contributed by atoms with Crippen LogP contribution in [0.1, 0.15) is 21.5 Å². The number of methoxy groups -OCH3 is 1. The third-order valence-electron chi connectivity index (χ3n) is 3.13. The monoisotopic (exact) mass is 318 g/mol. The second-order valence-electron chi connectivity index (χ2n) is 4.49. The summed E-state index contributed by atoms with van der Waals surface area (Å²) in [6.45, 7) is 4.05. The number of hydrogen-bond donors (Lipinski definition) is 0. The zero-order chi connectivity index (χ0) is 14.0. The molecule has 0 heterocycles. The van der Waals surface area contributed by atoms with Gasteiger partial charge in [-0.15, -0.1) is 0 Å². The average Bonchev–Trinajstić information content (AvgIpc) is 2.41. The molecule has 0 bridgehead atoms. The Bertz CT molecular complexity index is 633. The molecule has 2 aromatic rings. The van der Waals surface area contributed by atoms with Gasteiger partial charge in [-0.3, -0.25) is 0 Å². The van der Waals surface area contributed by atoms with E-state index in [2.05, 4.69) is 41.1 Å². The van der Waals surface area contributed by atoms with E-state index in [1.54, 1.807) is 6.07 Å². The smallest absolute Gasteiger partial charge is 0.337 e. The van der Waals surface area contributed by atoms with Crippen LogP contribution < -0.4 is 0 Å². The van der Waals surface area contributed by atoms with E-state index >= 15 is 0 Å². The van der Waals surface area contributed by atoms with Gasteiger partial charge >= 0.3 is 5.97 Å². The number of rotatable bonds is 2. The molecule has 2 rings (SSSR count). The second-order valence-corrected chi connectivity index (χ2v) is 5.34. The highest BCUT2D eigenvalue weighted by Crippen LogP contribution is 2.28. The molecule has 0 atom stereocenters. The van der Waals surface area contributed by atoms with Crippen LogP contribution in [-0.4, -0.2) is 13.1 Å². The summed E-state index contributed by atoms with van der Waals surface area (Å²) in [5.74, 6) is -0.306. The van der Waals surface area contributed by atoms with Gasteiger partial charge in [0.2, 0.25) is 0 Å². The standard InChI is InChI=1S/C16H15BrO2/c1-10-4-5-12(9-15(10)17)14-7-6-13(8-11(14)2)16(18)19-3/h4-9H,1-3H3. The van der Waals surface area contributed by atoms with E-state index in [-0.39, 0.29) is 5.97 Å². The van der Waals surface area contributed by atoms with Crippen LogP contribution in [0.25, 0.3) is 11.1 Å². The molecule has 3 heteroatoms. The Labute approximate surface area is 121 Å². The number of halogens is 1. The first-order valence-corrected chi connectivity index (χ1v) is 6.77. The molecule has 0 aliphatic heterocycles. The van der Waals surface area contributed by atoms with E-state index in [0.717, 1.165) is 21.2 Å². The molecule has 98 valence electrons. The predicted octanol–water partition coefficient (Wildman–Crippen LogP) is 4.52. The molecule has 0 aliphatic rings. The number of carbonyl (C=O) groups excluding carboxylic acids is 1. The van der Waals surface area contributed by atoms with Crippen molar-refractivity contribution in [2.45, 2.75) is 13.8 Å². The average molecular weight is 319 g/mol. The highest BCUT2D eigenvalue weighted by atomic mass is 79.9. The first-order valence-electron chi connectivity index (χ1n) is 5.98. The molecule has 0 aliphatic carbocycles. The van der Waals surface area contributed by atoms with Gasteiger partial charge in [-0.25, -0.2) is 4.79 Å². The summed E-state index contributed by atoms with van der Waals surface area (Å²) in [5, 5.41) is 0. The topological polar surface area (TPSA) is 26.3 Å². The van der Waals surface area contributed by atoms with Crippen molar-refractivity contribution in [1.29, 1.82) is 0 Å². The van der Waals surface area contributed by atoms with Crippen molar-refractivity contribution in [3.63, 3.8) is 0 Å². The Balaban J connectivity index is 2.46. The molecule has 2 nitrogen and oxygen atoms in total. The molecule has 0 aromatic heterocycles. The maximum atomic E-state index is 11.5. The first kappa shape index (κ1) is 13.8. The summed E-state index contributed by atoms with van der Waals surface area (Å²) in [5.41, 5.74) is 5.08. The number of benzene rings is 2. The highest BCUT2D eigenvalue weighted by Gasteiger charge is 2.09. The molecule has 19 heavy (non-hydrogen) atoms. The SMILES string of the molecule is COC(=O)c1ccc(-c2ccc(C)c(Br)c2)c(C)c1. The zero-order valence-electron chi connectivity index (χ0n) is 11.2. The van der Waals surface area contributed by atoms with Gasteiger partial charge in [0.1, 0.15) is 0 Å². The molecular weight excluding hydrogens is 304 g/mol. The summed E-state index contributed by atoms with van der Waals surface area (Å²) < 4.78 is 5.81. The number of ether oxygens (including phenoxy) is 1. The summed E-state index contributed by atoms with van der Waals surface area (Å²) in [6, 6.07) is 11.9. The minimum absolute atomic E-state index is 0.306. The fourth-order valence-electron chi connectivity index (χ4n) is 1.99. The van der Waals surface area contributed by atoms with E-state index in [1.165, 1.54) is 12.7 Å². The third kappa shape index (κ3) is 2.87. The Morgan fingerprint density at radius 3 is 2.37 bits per heavy atom. The van der Waals surface area contributed by atoms with E-state index in [4.69, 9.17) is 4.74 Å². The molecule has 0 fully saturated rings. The van der Waals surface area contributed by atoms with Crippen LogP contribution in [0.2, 0.25) is 0 Å². The Hall–Kier alpha value is -1.61. The van der Waals surface area contributed by atoms with Gasteiger partial charge in [0.05, 0.1) is 12.7 Å². The van der Waals surface area contributed by atoms with Crippen molar-refractivity contribution in [3.8, 4) is 11.1 Å². The molecular formula is C16H15BrO2. The molecule has 0 amide bonds. The van der Waals surface area contributed by atoms with Crippen molar-refractivity contribution in [1.82, 2.24) is 0 Å². The Morgan fingerprint density at radius 2 is 1.79 bits per heavy atom. The molecule has 0 radical (unpaired) electrons. The highest BCUT2D eigenvalue weighted by molar-refractivity contribution is 9.10. The van der Waals surface area contributed by atoms with Gasteiger partial charge in [0, 0.05) is 4.47 Å². The number of hydrogen-bond acceptors (Lipinski definition) is 2.